The molecule has 0 unspecified atom stereocenters. The molecule has 0 saturated heterocycles. The van der Waals surface area contributed by atoms with Gasteiger partial charge < -0.3 is 15.2 Å². The maximum absolute atomic E-state index is 11.0. The SMILES string of the molecule is CCCCCCCCNC(=O)OCC(=O)CO. The summed E-state index contributed by atoms with van der Waals surface area (Å²) in [4.78, 5) is 21.7. The van der Waals surface area contributed by atoms with Crippen molar-refractivity contribution >= 4 is 11.9 Å². The fraction of sp³-hybridized carbons (Fsp3) is 0.833. The summed E-state index contributed by atoms with van der Waals surface area (Å²) in [6.07, 6.45) is 6.34. The molecule has 0 bridgehead atoms. The number of hydrogen-bond donors (Lipinski definition) is 2. The molecule has 0 aromatic carbocycles. The van der Waals surface area contributed by atoms with Crippen molar-refractivity contribution < 1.29 is 19.4 Å². The van der Waals surface area contributed by atoms with Crippen molar-refractivity contribution in [2.24, 2.45) is 0 Å². The molecule has 0 heterocycles. The lowest BCUT2D eigenvalue weighted by atomic mass is 10.1. The quantitative estimate of drug-likeness (QED) is 0.574. The molecule has 5 nitrogen and oxygen atoms in total. The lowest BCUT2D eigenvalue weighted by Crippen LogP contribution is -2.28. The van der Waals surface area contributed by atoms with Gasteiger partial charge in [-0.2, -0.15) is 0 Å². The Balaban J connectivity index is 3.25. The van der Waals surface area contributed by atoms with Crippen LogP contribution in [0.5, 0.6) is 0 Å². The molecule has 0 aromatic rings. The molecule has 2 N–H and O–H groups in total. The number of carbonyl (C=O) groups is 2. The van der Waals surface area contributed by atoms with Crippen LogP contribution >= 0.6 is 0 Å². The average molecular weight is 245 g/mol. The first-order valence-electron chi connectivity index (χ1n) is 6.24. The van der Waals surface area contributed by atoms with Gasteiger partial charge >= 0.3 is 6.09 Å². The Kier molecular flexibility index (Phi) is 10.7. The zero-order valence-electron chi connectivity index (χ0n) is 10.5. The van der Waals surface area contributed by atoms with Crippen LogP contribution in [0.1, 0.15) is 45.4 Å². The monoisotopic (exact) mass is 245 g/mol. The first-order chi connectivity index (χ1) is 8.20. The normalized spacial score (nSPS) is 10.0. The number of unbranched alkanes of at least 4 members (excludes halogenated alkanes) is 5. The first-order valence-corrected chi connectivity index (χ1v) is 6.24. The molecule has 0 saturated carbocycles. The highest BCUT2D eigenvalue weighted by atomic mass is 16.6. The van der Waals surface area contributed by atoms with Crippen molar-refractivity contribution in [2.75, 3.05) is 19.8 Å². The maximum Gasteiger partial charge on any atom is 0.407 e. The highest BCUT2D eigenvalue weighted by molar-refractivity contribution is 5.82. The highest BCUT2D eigenvalue weighted by Gasteiger charge is 2.04. The third-order valence-electron chi connectivity index (χ3n) is 2.34. The number of rotatable bonds is 10. The Hall–Kier alpha value is -1.10. The summed E-state index contributed by atoms with van der Waals surface area (Å²) in [7, 11) is 0. The average Bonchev–Trinajstić information content (AvgIpc) is 2.34. The van der Waals surface area contributed by atoms with E-state index in [0.717, 1.165) is 12.8 Å². The Morgan fingerprint density at radius 3 is 2.41 bits per heavy atom. The first kappa shape index (κ1) is 15.9. The largest absolute Gasteiger partial charge is 0.441 e. The van der Waals surface area contributed by atoms with E-state index in [-0.39, 0.29) is 6.61 Å². The second-order valence-electron chi connectivity index (χ2n) is 3.97. The number of nitrogens with one attached hydrogen (secondary N) is 1. The molecule has 0 aromatic heterocycles. The van der Waals surface area contributed by atoms with Gasteiger partial charge in [0.05, 0.1) is 0 Å². The number of ether oxygens (including phenoxy) is 1. The third kappa shape index (κ3) is 11.2. The van der Waals surface area contributed by atoms with Gasteiger partial charge in [0.25, 0.3) is 0 Å². The second-order valence-corrected chi connectivity index (χ2v) is 3.97. The molecule has 0 rings (SSSR count). The zero-order chi connectivity index (χ0) is 12.9. The van der Waals surface area contributed by atoms with Crippen molar-refractivity contribution in [3.63, 3.8) is 0 Å². The fourth-order valence-electron chi connectivity index (χ4n) is 1.34. The summed E-state index contributed by atoms with van der Waals surface area (Å²) in [5, 5.41) is 11.0. The Bertz CT molecular complexity index is 219. The molecule has 0 aliphatic rings. The smallest absolute Gasteiger partial charge is 0.407 e. The number of carbonyl (C=O) groups excluding carboxylic acids is 2. The molecular weight excluding hydrogens is 222 g/mol. The summed E-state index contributed by atoms with van der Waals surface area (Å²) in [6, 6.07) is 0. The van der Waals surface area contributed by atoms with Crippen molar-refractivity contribution in [1.82, 2.24) is 5.32 Å². The van der Waals surface area contributed by atoms with Crippen LogP contribution in [0.25, 0.3) is 0 Å². The molecule has 100 valence electrons. The lowest BCUT2D eigenvalue weighted by molar-refractivity contribution is -0.124. The van der Waals surface area contributed by atoms with E-state index in [1.807, 2.05) is 0 Å². The summed E-state index contributed by atoms with van der Waals surface area (Å²) in [5.74, 6) is -0.500. The second kappa shape index (κ2) is 11.4. The predicted molar refractivity (Wildman–Crippen MR) is 64.8 cm³/mol. The number of amides is 1. The molecular formula is C12H23NO4. The zero-order valence-corrected chi connectivity index (χ0v) is 10.5. The van der Waals surface area contributed by atoms with Gasteiger partial charge in [-0.3, -0.25) is 4.79 Å². The minimum atomic E-state index is -0.597. The fourth-order valence-corrected chi connectivity index (χ4v) is 1.34. The number of ketones is 1. The van der Waals surface area contributed by atoms with Gasteiger partial charge in [-0.1, -0.05) is 39.0 Å². The van der Waals surface area contributed by atoms with Crippen LogP contribution < -0.4 is 5.32 Å². The predicted octanol–water partition coefficient (Wildman–Crippen LogP) is 1.63. The van der Waals surface area contributed by atoms with Gasteiger partial charge in [0.15, 0.2) is 12.4 Å². The van der Waals surface area contributed by atoms with E-state index in [9.17, 15) is 9.59 Å². The summed E-state index contributed by atoms with van der Waals surface area (Å²) >= 11 is 0. The number of Topliss-reactive ketones (excluding diaryl/α,β-unsaturated/α-hetero) is 1. The van der Waals surface area contributed by atoms with Crippen molar-refractivity contribution in [1.29, 1.82) is 0 Å². The van der Waals surface area contributed by atoms with Crippen molar-refractivity contribution in [3.8, 4) is 0 Å². The van der Waals surface area contributed by atoms with E-state index in [4.69, 9.17) is 5.11 Å². The van der Waals surface area contributed by atoms with E-state index in [1.54, 1.807) is 0 Å². The topological polar surface area (TPSA) is 75.6 Å². The number of alkyl carbamates (subject to hydrolysis) is 1. The summed E-state index contributed by atoms with van der Waals surface area (Å²) < 4.78 is 4.58. The van der Waals surface area contributed by atoms with E-state index in [0.29, 0.717) is 6.54 Å². The Morgan fingerprint density at radius 1 is 1.12 bits per heavy atom. The molecule has 0 aliphatic heterocycles. The standard InChI is InChI=1S/C12H23NO4/c1-2-3-4-5-6-7-8-13-12(16)17-10-11(15)9-14/h14H,2-10H2,1H3,(H,13,16). The summed E-state index contributed by atoms with van der Waals surface area (Å²) in [6.45, 7) is 1.78. The highest BCUT2D eigenvalue weighted by Crippen LogP contribution is 2.03. The van der Waals surface area contributed by atoms with E-state index in [2.05, 4.69) is 17.0 Å². The third-order valence-corrected chi connectivity index (χ3v) is 2.34. The van der Waals surface area contributed by atoms with Crippen LogP contribution in [0.4, 0.5) is 4.79 Å². The van der Waals surface area contributed by atoms with Crippen LogP contribution in [-0.2, 0) is 9.53 Å². The van der Waals surface area contributed by atoms with Gasteiger partial charge in [0.1, 0.15) is 6.61 Å². The van der Waals surface area contributed by atoms with Crippen molar-refractivity contribution in [2.45, 2.75) is 45.4 Å². The molecule has 5 heteroatoms. The van der Waals surface area contributed by atoms with Gasteiger partial charge in [0, 0.05) is 6.54 Å². The van der Waals surface area contributed by atoms with Gasteiger partial charge in [-0.15, -0.1) is 0 Å². The van der Waals surface area contributed by atoms with Crippen LogP contribution in [0, 0.1) is 0 Å². The molecule has 0 radical (unpaired) electrons. The minimum Gasteiger partial charge on any atom is -0.441 e. The van der Waals surface area contributed by atoms with Crippen LogP contribution in [0.2, 0.25) is 0 Å². The molecule has 0 atom stereocenters. The molecule has 0 spiro atoms. The minimum absolute atomic E-state index is 0.362. The molecule has 0 aliphatic carbocycles. The Labute approximate surface area is 103 Å². The van der Waals surface area contributed by atoms with E-state index < -0.39 is 18.5 Å². The van der Waals surface area contributed by atoms with E-state index in [1.165, 1.54) is 25.7 Å². The number of hydrogen-bond acceptors (Lipinski definition) is 4. The Morgan fingerprint density at radius 2 is 1.76 bits per heavy atom. The van der Waals surface area contributed by atoms with Gasteiger partial charge in [-0.25, -0.2) is 4.79 Å². The molecule has 0 fully saturated rings. The van der Waals surface area contributed by atoms with Crippen LogP contribution in [-0.4, -0.2) is 36.7 Å². The van der Waals surface area contributed by atoms with Crippen molar-refractivity contribution in [3.05, 3.63) is 0 Å². The number of aliphatic hydroxyl groups is 1. The maximum atomic E-state index is 11.0. The van der Waals surface area contributed by atoms with Crippen LogP contribution in [0.15, 0.2) is 0 Å². The van der Waals surface area contributed by atoms with Gasteiger partial charge in [0.2, 0.25) is 0 Å². The van der Waals surface area contributed by atoms with Crippen LogP contribution in [0.3, 0.4) is 0 Å². The molecule has 17 heavy (non-hydrogen) atoms. The number of aliphatic hydroxyl groups excluding tert-OH is 1. The summed E-state index contributed by atoms with van der Waals surface area (Å²) in [5.41, 5.74) is 0. The lowest BCUT2D eigenvalue weighted by Gasteiger charge is -2.05. The van der Waals surface area contributed by atoms with Gasteiger partial charge in [-0.05, 0) is 6.42 Å². The molecule has 1 amide bonds. The van der Waals surface area contributed by atoms with E-state index >= 15 is 0 Å².